The molecule has 0 saturated heterocycles. The normalized spacial score (nSPS) is 10.9. The highest BCUT2D eigenvalue weighted by molar-refractivity contribution is 6.31. The number of hydrogen-bond acceptors (Lipinski definition) is 4. The number of imidazole rings is 1. The van der Waals surface area contributed by atoms with Gasteiger partial charge in [0.2, 0.25) is 0 Å². The van der Waals surface area contributed by atoms with Gasteiger partial charge >= 0.3 is 0 Å². The minimum Gasteiger partial charge on any atom is -0.495 e. The lowest BCUT2D eigenvalue weighted by Crippen LogP contribution is -2.07. The molecule has 0 aliphatic heterocycles. The van der Waals surface area contributed by atoms with E-state index in [1.165, 1.54) is 23.9 Å². The molecule has 0 fully saturated rings. The van der Waals surface area contributed by atoms with Crippen LogP contribution in [0, 0.1) is 11.6 Å². The first-order valence-electron chi connectivity index (χ1n) is 6.72. The van der Waals surface area contributed by atoms with E-state index in [4.69, 9.17) is 27.9 Å². The van der Waals surface area contributed by atoms with E-state index in [9.17, 15) is 8.78 Å². The first kappa shape index (κ1) is 16.6. The van der Waals surface area contributed by atoms with Gasteiger partial charge in [-0.05, 0) is 12.1 Å². The number of benzene rings is 1. The average Bonchev–Trinajstić information content (AvgIpc) is 3.01. The van der Waals surface area contributed by atoms with Gasteiger partial charge in [-0.15, -0.1) is 10.2 Å². The van der Waals surface area contributed by atoms with Gasteiger partial charge in [0.25, 0.3) is 0 Å². The summed E-state index contributed by atoms with van der Waals surface area (Å²) in [5.41, 5.74) is 0.123. The smallest absolute Gasteiger partial charge is 0.155 e. The van der Waals surface area contributed by atoms with Crippen molar-refractivity contribution in [3.05, 3.63) is 58.1 Å². The van der Waals surface area contributed by atoms with Crippen molar-refractivity contribution in [1.29, 1.82) is 0 Å². The second-order valence-corrected chi connectivity index (χ2v) is 5.57. The molecule has 0 atom stereocenters. The summed E-state index contributed by atoms with van der Waals surface area (Å²) in [5.74, 6) is -1.16. The molecule has 5 nitrogen and oxygen atoms in total. The van der Waals surface area contributed by atoms with Gasteiger partial charge in [-0.25, -0.2) is 13.8 Å². The third-order valence-corrected chi connectivity index (χ3v) is 3.80. The number of ether oxygens (including phenoxy) is 1. The Morgan fingerprint density at radius 1 is 1.21 bits per heavy atom. The molecule has 1 aromatic carbocycles. The Balaban J connectivity index is 2.06. The summed E-state index contributed by atoms with van der Waals surface area (Å²) in [5, 5.41) is 7.69. The fourth-order valence-electron chi connectivity index (χ4n) is 2.22. The van der Waals surface area contributed by atoms with Crippen LogP contribution in [0.5, 0.6) is 5.75 Å². The molecule has 0 amide bonds. The van der Waals surface area contributed by atoms with Gasteiger partial charge in [0.05, 0.1) is 24.2 Å². The van der Waals surface area contributed by atoms with E-state index in [1.54, 1.807) is 6.20 Å². The quantitative estimate of drug-likeness (QED) is 0.651. The highest BCUT2D eigenvalue weighted by Gasteiger charge is 2.20. The Morgan fingerprint density at radius 3 is 2.75 bits per heavy atom. The number of methoxy groups -OCH3 is 1. The van der Waals surface area contributed by atoms with Crippen molar-refractivity contribution in [3.63, 3.8) is 0 Å². The van der Waals surface area contributed by atoms with E-state index in [1.807, 2.05) is 0 Å². The van der Waals surface area contributed by atoms with Crippen molar-refractivity contribution >= 4 is 23.2 Å². The van der Waals surface area contributed by atoms with Gasteiger partial charge in [-0.2, -0.15) is 0 Å². The third-order valence-electron chi connectivity index (χ3n) is 3.32. The Bertz CT molecular complexity index is 901. The Morgan fingerprint density at radius 2 is 2.00 bits per heavy atom. The zero-order valence-electron chi connectivity index (χ0n) is 12.3. The van der Waals surface area contributed by atoms with Gasteiger partial charge in [-0.1, -0.05) is 23.2 Å². The molecule has 0 aliphatic carbocycles. The second kappa shape index (κ2) is 6.70. The molecule has 2 aromatic heterocycles. The predicted octanol–water partition coefficient (Wildman–Crippen LogP) is 3.98. The van der Waals surface area contributed by atoms with E-state index >= 15 is 0 Å². The van der Waals surface area contributed by atoms with Crippen LogP contribution in [0.2, 0.25) is 10.2 Å². The van der Waals surface area contributed by atoms with Crippen molar-refractivity contribution in [3.8, 4) is 17.1 Å². The Labute approximate surface area is 145 Å². The molecule has 0 radical (unpaired) electrons. The molecule has 3 rings (SSSR count). The van der Waals surface area contributed by atoms with Crippen molar-refractivity contribution in [2.75, 3.05) is 7.11 Å². The Kier molecular flexibility index (Phi) is 4.64. The number of hydrogen-bond donors (Lipinski definition) is 0. The first-order valence-corrected chi connectivity index (χ1v) is 7.48. The minimum absolute atomic E-state index is 0.0753. The van der Waals surface area contributed by atoms with Gasteiger partial charge in [0, 0.05) is 18.5 Å². The fourth-order valence-corrected chi connectivity index (χ4v) is 2.52. The van der Waals surface area contributed by atoms with Crippen LogP contribution in [-0.4, -0.2) is 26.9 Å². The van der Waals surface area contributed by atoms with E-state index in [0.29, 0.717) is 11.4 Å². The van der Waals surface area contributed by atoms with Crippen LogP contribution in [0.4, 0.5) is 8.78 Å². The molecular formula is C15H10Cl2F2N4O. The molecular weight excluding hydrogens is 361 g/mol. The zero-order chi connectivity index (χ0) is 17.3. The fraction of sp³-hybridized carbons (Fsp3) is 0.133. The molecule has 0 N–H and O–H groups in total. The van der Waals surface area contributed by atoms with Crippen molar-refractivity contribution in [2.24, 2.45) is 0 Å². The minimum atomic E-state index is -0.877. The topological polar surface area (TPSA) is 52.8 Å². The van der Waals surface area contributed by atoms with Crippen LogP contribution in [0.1, 0.15) is 5.69 Å². The van der Waals surface area contributed by atoms with Gasteiger partial charge in [0.1, 0.15) is 23.1 Å². The summed E-state index contributed by atoms with van der Waals surface area (Å²) in [6.45, 7) is 0.133. The van der Waals surface area contributed by atoms with E-state index in [0.717, 1.165) is 12.1 Å². The van der Waals surface area contributed by atoms with Crippen LogP contribution < -0.4 is 4.74 Å². The van der Waals surface area contributed by atoms with E-state index < -0.39 is 11.6 Å². The standard InChI is InChI=1S/C15H10Cl2F2N4O/c1-24-11-6-12(17)22-21-10(11)7-23-5-4-20-15(23)13-9(18)3-2-8(16)14(13)19/h2-6H,7H2,1H3. The number of rotatable bonds is 4. The summed E-state index contributed by atoms with van der Waals surface area (Å²) in [6, 6.07) is 3.74. The molecule has 0 aliphatic rings. The van der Waals surface area contributed by atoms with Crippen LogP contribution >= 0.6 is 23.2 Å². The third kappa shape index (κ3) is 3.05. The van der Waals surface area contributed by atoms with Crippen molar-refractivity contribution < 1.29 is 13.5 Å². The largest absolute Gasteiger partial charge is 0.495 e. The van der Waals surface area contributed by atoms with Crippen LogP contribution in [0.3, 0.4) is 0 Å². The number of nitrogens with zero attached hydrogens (tertiary/aromatic N) is 4. The van der Waals surface area contributed by atoms with Gasteiger partial charge in [0.15, 0.2) is 11.0 Å². The highest BCUT2D eigenvalue weighted by Crippen LogP contribution is 2.30. The number of aromatic nitrogens is 4. The molecule has 3 aromatic rings. The summed E-state index contributed by atoms with van der Waals surface area (Å²) in [7, 11) is 1.46. The predicted molar refractivity (Wildman–Crippen MR) is 85.3 cm³/mol. The molecule has 0 spiro atoms. The van der Waals surface area contributed by atoms with Crippen LogP contribution in [-0.2, 0) is 6.54 Å². The maximum Gasteiger partial charge on any atom is 0.155 e. The maximum atomic E-state index is 14.2. The van der Waals surface area contributed by atoms with Crippen molar-refractivity contribution in [1.82, 2.24) is 19.7 Å². The molecule has 0 bridgehead atoms. The number of halogens is 4. The van der Waals surface area contributed by atoms with Crippen molar-refractivity contribution in [2.45, 2.75) is 6.54 Å². The average molecular weight is 371 g/mol. The van der Waals surface area contributed by atoms with Gasteiger partial charge < -0.3 is 9.30 Å². The Hall–Kier alpha value is -2.25. The zero-order valence-corrected chi connectivity index (χ0v) is 13.8. The van der Waals surface area contributed by atoms with E-state index in [-0.39, 0.29) is 28.1 Å². The summed E-state index contributed by atoms with van der Waals surface area (Å²) in [4.78, 5) is 4.03. The maximum absolute atomic E-state index is 14.2. The summed E-state index contributed by atoms with van der Waals surface area (Å²) in [6.07, 6.45) is 2.98. The lowest BCUT2D eigenvalue weighted by molar-refractivity contribution is 0.403. The van der Waals surface area contributed by atoms with Crippen LogP contribution in [0.15, 0.2) is 30.6 Å². The molecule has 24 heavy (non-hydrogen) atoms. The monoisotopic (exact) mass is 370 g/mol. The summed E-state index contributed by atoms with van der Waals surface area (Å²) < 4.78 is 35.0. The SMILES string of the molecule is COc1cc(Cl)nnc1Cn1ccnc1-c1c(F)ccc(Cl)c1F. The van der Waals surface area contributed by atoms with Gasteiger partial charge in [-0.3, -0.25) is 0 Å². The molecule has 0 unspecified atom stereocenters. The first-order chi connectivity index (χ1) is 11.5. The molecule has 9 heteroatoms. The molecule has 2 heterocycles. The summed E-state index contributed by atoms with van der Waals surface area (Å²) >= 11 is 11.5. The van der Waals surface area contributed by atoms with E-state index in [2.05, 4.69) is 15.2 Å². The lowest BCUT2D eigenvalue weighted by Gasteiger charge is -2.11. The van der Waals surface area contributed by atoms with Crippen LogP contribution in [0.25, 0.3) is 11.4 Å². The molecule has 124 valence electrons. The lowest BCUT2D eigenvalue weighted by atomic mass is 10.2. The molecule has 0 saturated carbocycles. The second-order valence-electron chi connectivity index (χ2n) is 4.78. The highest BCUT2D eigenvalue weighted by atomic mass is 35.5.